The highest BCUT2D eigenvalue weighted by Gasteiger charge is 2.27. The zero-order valence-electron chi connectivity index (χ0n) is 15.4. The molecule has 0 radical (unpaired) electrons. The number of carbonyl (C=O) groups excluding carboxylic acids is 2. The number of fused-ring (bicyclic) bond motifs is 1. The summed E-state index contributed by atoms with van der Waals surface area (Å²) < 4.78 is 1.94. The Labute approximate surface area is 153 Å². The SMILES string of the molecule is Cc1cc2cccnc2n(N(C(=O)CC(C)C)C(=O)CC(C)C)c1=S. The number of nitrogens with zero attached hydrogens (tertiary/aromatic N) is 3. The largest absolute Gasteiger partial charge is 0.273 e. The van der Waals surface area contributed by atoms with E-state index in [0.717, 1.165) is 10.9 Å². The van der Waals surface area contributed by atoms with Gasteiger partial charge in [-0.2, -0.15) is 5.01 Å². The monoisotopic (exact) mass is 359 g/mol. The molecule has 2 aromatic rings. The van der Waals surface area contributed by atoms with Crippen LogP contribution in [0.1, 0.15) is 46.1 Å². The summed E-state index contributed by atoms with van der Waals surface area (Å²) in [6.07, 6.45) is 2.18. The standard InChI is InChI=1S/C19H25N3O2S/c1-12(2)9-16(23)21(17(24)10-13(3)4)22-18-15(7-6-8-20-18)11-14(5)19(22)25/h6-8,11-13H,9-10H2,1-5H3. The molecule has 0 saturated carbocycles. The van der Waals surface area contributed by atoms with Crippen LogP contribution in [-0.2, 0) is 9.59 Å². The lowest BCUT2D eigenvalue weighted by atomic mass is 10.1. The summed E-state index contributed by atoms with van der Waals surface area (Å²) in [7, 11) is 0. The number of imide groups is 1. The number of aryl methyl sites for hydroxylation is 1. The minimum Gasteiger partial charge on any atom is -0.273 e. The molecule has 0 aromatic carbocycles. The Hall–Kier alpha value is -2.08. The Kier molecular flexibility index (Phi) is 6.06. The summed E-state index contributed by atoms with van der Waals surface area (Å²) in [5, 5.41) is 2.04. The molecule has 2 rings (SSSR count). The summed E-state index contributed by atoms with van der Waals surface area (Å²) in [5.41, 5.74) is 1.35. The van der Waals surface area contributed by atoms with Crippen LogP contribution in [-0.4, -0.2) is 21.5 Å². The molecule has 134 valence electrons. The second-order valence-electron chi connectivity index (χ2n) is 7.16. The van der Waals surface area contributed by atoms with Crippen molar-refractivity contribution in [3.8, 4) is 0 Å². The van der Waals surface area contributed by atoms with Gasteiger partial charge in [0, 0.05) is 24.4 Å². The Balaban J connectivity index is 2.71. The van der Waals surface area contributed by atoms with Gasteiger partial charge in [-0.25, -0.2) is 9.66 Å². The van der Waals surface area contributed by atoms with E-state index in [1.54, 1.807) is 6.20 Å². The molecule has 2 amide bonds. The Morgan fingerprint density at radius 1 is 1.16 bits per heavy atom. The first-order chi connectivity index (χ1) is 11.7. The van der Waals surface area contributed by atoms with Crippen molar-refractivity contribution in [2.45, 2.75) is 47.5 Å². The van der Waals surface area contributed by atoms with Crippen molar-refractivity contribution in [3.05, 3.63) is 34.6 Å². The molecule has 5 nitrogen and oxygen atoms in total. The number of aromatic nitrogens is 2. The first-order valence-corrected chi connectivity index (χ1v) is 8.96. The Morgan fingerprint density at radius 2 is 1.72 bits per heavy atom. The molecule has 2 aromatic heterocycles. The molecule has 0 aliphatic carbocycles. The van der Waals surface area contributed by atoms with Gasteiger partial charge in [0.15, 0.2) is 5.65 Å². The highest BCUT2D eigenvalue weighted by atomic mass is 32.1. The van der Waals surface area contributed by atoms with Gasteiger partial charge >= 0.3 is 0 Å². The molecule has 0 saturated heterocycles. The average Bonchev–Trinajstić information content (AvgIpc) is 2.50. The topological polar surface area (TPSA) is 55.2 Å². The van der Waals surface area contributed by atoms with E-state index in [-0.39, 0.29) is 36.5 Å². The second-order valence-corrected chi connectivity index (χ2v) is 7.54. The van der Waals surface area contributed by atoms with Gasteiger partial charge in [0.1, 0.15) is 4.64 Å². The molecule has 6 heteroatoms. The Morgan fingerprint density at radius 3 is 2.24 bits per heavy atom. The van der Waals surface area contributed by atoms with Crippen molar-refractivity contribution >= 4 is 35.1 Å². The molecule has 25 heavy (non-hydrogen) atoms. The van der Waals surface area contributed by atoms with Crippen LogP contribution < -0.4 is 5.01 Å². The van der Waals surface area contributed by atoms with Gasteiger partial charge in [-0.1, -0.05) is 39.9 Å². The lowest BCUT2D eigenvalue weighted by Crippen LogP contribution is -2.47. The summed E-state index contributed by atoms with van der Waals surface area (Å²) in [6.45, 7) is 9.69. The van der Waals surface area contributed by atoms with Gasteiger partial charge in [-0.3, -0.25) is 9.59 Å². The van der Waals surface area contributed by atoms with Crippen LogP contribution in [0.5, 0.6) is 0 Å². The minimum atomic E-state index is -0.255. The van der Waals surface area contributed by atoms with E-state index in [0.29, 0.717) is 10.3 Å². The van der Waals surface area contributed by atoms with Gasteiger partial charge in [-0.05, 0) is 42.5 Å². The molecule has 0 aliphatic heterocycles. The van der Waals surface area contributed by atoms with Crippen LogP contribution in [0.3, 0.4) is 0 Å². The molecule has 0 unspecified atom stereocenters. The predicted octanol–water partition coefficient (Wildman–Crippen LogP) is 4.16. The summed E-state index contributed by atoms with van der Waals surface area (Å²) in [4.78, 5) is 30.2. The second kappa shape index (κ2) is 7.87. The molecule has 0 atom stereocenters. The molecule has 2 heterocycles. The molecule has 0 spiro atoms. The Bertz CT molecular complexity index is 833. The maximum absolute atomic E-state index is 12.9. The molecule has 0 fully saturated rings. The van der Waals surface area contributed by atoms with Crippen molar-refractivity contribution < 1.29 is 9.59 Å². The van der Waals surface area contributed by atoms with E-state index in [9.17, 15) is 9.59 Å². The van der Waals surface area contributed by atoms with Crippen molar-refractivity contribution in [2.24, 2.45) is 11.8 Å². The van der Waals surface area contributed by atoms with Crippen LogP contribution >= 0.6 is 12.2 Å². The first kappa shape index (κ1) is 19.2. The number of hydrogen-bond donors (Lipinski definition) is 0. The van der Waals surface area contributed by atoms with Crippen LogP contribution in [0.25, 0.3) is 11.0 Å². The maximum atomic E-state index is 12.9. The number of pyridine rings is 2. The lowest BCUT2D eigenvalue weighted by Gasteiger charge is -2.26. The van der Waals surface area contributed by atoms with Crippen LogP contribution in [0.2, 0.25) is 0 Å². The van der Waals surface area contributed by atoms with Gasteiger partial charge < -0.3 is 0 Å². The number of amides is 2. The fraction of sp³-hybridized carbons (Fsp3) is 0.474. The van der Waals surface area contributed by atoms with E-state index in [1.807, 2.05) is 52.8 Å². The number of rotatable bonds is 5. The number of carbonyl (C=O) groups is 2. The third-order valence-electron chi connectivity index (χ3n) is 3.76. The van der Waals surface area contributed by atoms with Gasteiger partial charge in [0.25, 0.3) is 0 Å². The smallest absolute Gasteiger partial charge is 0.248 e. The van der Waals surface area contributed by atoms with Gasteiger partial charge in [-0.15, -0.1) is 0 Å². The molecular formula is C19H25N3O2S. The van der Waals surface area contributed by atoms with Crippen molar-refractivity contribution in [1.82, 2.24) is 9.66 Å². The molecular weight excluding hydrogens is 334 g/mol. The maximum Gasteiger partial charge on any atom is 0.248 e. The van der Waals surface area contributed by atoms with E-state index in [4.69, 9.17) is 12.2 Å². The minimum absolute atomic E-state index is 0.139. The number of hydrogen-bond acceptors (Lipinski definition) is 4. The first-order valence-electron chi connectivity index (χ1n) is 8.55. The van der Waals surface area contributed by atoms with Crippen LogP contribution in [0.15, 0.2) is 24.4 Å². The fourth-order valence-corrected chi connectivity index (χ4v) is 2.90. The van der Waals surface area contributed by atoms with Crippen molar-refractivity contribution in [1.29, 1.82) is 0 Å². The quantitative estimate of drug-likeness (QED) is 0.752. The fourth-order valence-electron chi connectivity index (χ4n) is 2.68. The van der Waals surface area contributed by atoms with Crippen molar-refractivity contribution in [2.75, 3.05) is 5.01 Å². The summed E-state index contributed by atoms with van der Waals surface area (Å²) in [6, 6.07) is 5.66. The average molecular weight is 359 g/mol. The van der Waals surface area contributed by atoms with Crippen LogP contribution in [0, 0.1) is 23.4 Å². The highest BCUT2D eigenvalue weighted by Crippen LogP contribution is 2.19. The van der Waals surface area contributed by atoms with Gasteiger partial charge in [0.2, 0.25) is 11.8 Å². The molecule has 0 aliphatic rings. The molecule has 0 N–H and O–H groups in total. The van der Waals surface area contributed by atoms with E-state index >= 15 is 0 Å². The third kappa shape index (κ3) is 4.31. The highest BCUT2D eigenvalue weighted by molar-refractivity contribution is 7.71. The van der Waals surface area contributed by atoms with Crippen LogP contribution in [0.4, 0.5) is 0 Å². The summed E-state index contributed by atoms with van der Waals surface area (Å²) in [5.74, 6) is -0.233. The van der Waals surface area contributed by atoms with E-state index in [1.165, 1.54) is 9.69 Å². The van der Waals surface area contributed by atoms with E-state index in [2.05, 4.69) is 4.98 Å². The predicted molar refractivity (Wildman–Crippen MR) is 102 cm³/mol. The third-order valence-corrected chi connectivity index (χ3v) is 4.25. The zero-order chi connectivity index (χ0) is 18.7. The zero-order valence-corrected chi connectivity index (χ0v) is 16.3. The lowest BCUT2D eigenvalue weighted by molar-refractivity contribution is -0.129. The van der Waals surface area contributed by atoms with Crippen molar-refractivity contribution in [3.63, 3.8) is 0 Å². The van der Waals surface area contributed by atoms with E-state index < -0.39 is 0 Å². The summed E-state index contributed by atoms with van der Waals surface area (Å²) >= 11 is 5.54. The van der Waals surface area contributed by atoms with Gasteiger partial charge in [0.05, 0.1) is 0 Å². The normalized spacial score (nSPS) is 11.3. The molecule has 0 bridgehead atoms.